The molecule has 0 spiro atoms. The smallest absolute Gasteiger partial charge is 0.299 e. The summed E-state index contributed by atoms with van der Waals surface area (Å²) < 4.78 is 0. The van der Waals surface area contributed by atoms with Crippen molar-refractivity contribution in [1.82, 2.24) is 9.94 Å². The number of para-hydroxylation sites is 1. The van der Waals surface area contributed by atoms with Gasteiger partial charge in [0.2, 0.25) is 0 Å². The molecule has 1 heterocycles. The van der Waals surface area contributed by atoms with Gasteiger partial charge in [-0.25, -0.2) is 4.79 Å². The average Bonchev–Trinajstić information content (AvgIpc) is 3.02. The molecule has 0 unspecified atom stereocenters. The van der Waals surface area contributed by atoms with E-state index >= 15 is 0 Å². The van der Waals surface area contributed by atoms with Crippen LogP contribution in [0.25, 0.3) is 0 Å². The SMILES string of the molecule is CN(C(=O)On1cc(Sc2ccccc2)cn1)c1ccccc1. The van der Waals surface area contributed by atoms with E-state index in [-0.39, 0.29) is 0 Å². The van der Waals surface area contributed by atoms with Gasteiger partial charge in [-0.1, -0.05) is 53.0 Å². The molecule has 5 nitrogen and oxygen atoms in total. The second-order valence-electron chi connectivity index (χ2n) is 4.75. The van der Waals surface area contributed by atoms with Crippen LogP contribution in [0.4, 0.5) is 10.5 Å². The zero-order chi connectivity index (χ0) is 16.1. The number of benzene rings is 2. The van der Waals surface area contributed by atoms with Crippen molar-refractivity contribution in [3.63, 3.8) is 0 Å². The fourth-order valence-corrected chi connectivity index (χ4v) is 2.72. The molecule has 3 rings (SSSR count). The maximum Gasteiger partial charge on any atom is 0.440 e. The Balaban J connectivity index is 1.63. The van der Waals surface area contributed by atoms with E-state index in [0.29, 0.717) is 0 Å². The van der Waals surface area contributed by atoms with Crippen molar-refractivity contribution in [1.29, 1.82) is 0 Å². The van der Waals surface area contributed by atoms with Gasteiger partial charge >= 0.3 is 6.09 Å². The monoisotopic (exact) mass is 325 g/mol. The Hall–Kier alpha value is -2.73. The molecule has 2 aromatic carbocycles. The molecule has 0 N–H and O–H groups in total. The van der Waals surface area contributed by atoms with Gasteiger partial charge in [-0.05, 0) is 24.3 Å². The quantitative estimate of drug-likeness (QED) is 0.733. The highest BCUT2D eigenvalue weighted by Gasteiger charge is 2.14. The standard InChI is InChI=1S/C17H15N3O2S/c1-19(14-8-4-2-5-9-14)17(21)22-20-13-16(12-18-20)23-15-10-6-3-7-11-15/h2-13H,1H3. The van der Waals surface area contributed by atoms with Gasteiger partial charge in [0.05, 0.1) is 17.3 Å². The fourth-order valence-electron chi connectivity index (χ4n) is 1.91. The highest BCUT2D eigenvalue weighted by atomic mass is 32.2. The number of anilines is 1. The second kappa shape index (κ2) is 7.02. The Morgan fingerprint density at radius 2 is 1.70 bits per heavy atom. The zero-order valence-electron chi connectivity index (χ0n) is 12.5. The molecule has 0 saturated heterocycles. The van der Waals surface area contributed by atoms with Crippen LogP contribution in [0.5, 0.6) is 0 Å². The van der Waals surface area contributed by atoms with Gasteiger partial charge in [0, 0.05) is 17.6 Å². The first kappa shape index (κ1) is 15.2. The van der Waals surface area contributed by atoms with Gasteiger partial charge in [-0.3, -0.25) is 9.74 Å². The minimum Gasteiger partial charge on any atom is -0.299 e. The van der Waals surface area contributed by atoms with E-state index in [1.54, 1.807) is 31.2 Å². The molecule has 0 radical (unpaired) electrons. The molecule has 0 saturated carbocycles. The van der Waals surface area contributed by atoms with E-state index < -0.39 is 6.09 Å². The van der Waals surface area contributed by atoms with E-state index in [0.717, 1.165) is 15.5 Å². The molecule has 0 fully saturated rings. The minimum atomic E-state index is -0.504. The maximum atomic E-state index is 12.1. The minimum absolute atomic E-state index is 0.504. The van der Waals surface area contributed by atoms with E-state index in [2.05, 4.69) is 5.10 Å². The molecular weight excluding hydrogens is 310 g/mol. The first-order valence-corrected chi connectivity index (χ1v) is 7.83. The van der Waals surface area contributed by atoms with Crippen LogP contribution in [-0.4, -0.2) is 23.1 Å². The molecule has 23 heavy (non-hydrogen) atoms. The lowest BCUT2D eigenvalue weighted by Crippen LogP contribution is -2.34. The topological polar surface area (TPSA) is 47.4 Å². The number of hydrogen-bond donors (Lipinski definition) is 0. The Labute approximate surface area is 138 Å². The van der Waals surface area contributed by atoms with Crippen LogP contribution < -0.4 is 9.74 Å². The Morgan fingerprint density at radius 1 is 1.04 bits per heavy atom. The van der Waals surface area contributed by atoms with Gasteiger partial charge in [0.15, 0.2) is 0 Å². The third-order valence-electron chi connectivity index (χ3n) is 3.10. The van der Waals surface area contributed by atoms with Crippen molar-refractivity contribution in [3.05, 3.63) is 73.1 Å². The largest absolute Gasteiger partial charge is 0.440 e. The van der Waals surface area contributed by atoms with Crippen LogP contribution in [0.15, 0.2) is 82.8 Å². The van der Waals surface area contributed by atoms with Crippen molar-refractivity contribution in [2.75, 3.05) is 11.9 Å². The van der Waals surface area contributed by atoms with E-state index in [1.807, 2.05) is 60.7 Å². The van der Waals surface area contributed by atoms with Crippen LogP contribution in [0.3, 0.4) is 0 Å². The Bertz CT molecular complexity index is 775. The van der Waals surface area contributed by atoms with Crippen molar-refractivity contribution in [2.24, 2.45) is 0 Å². The average molecular weight is 325 g/mol. The van der Waals surface area contributed by atoms with Gasteiger partial charge in [0.25, 0.3) is 0 Å². The van der Waals surface area contributed by atoms with Crippen molar-refractivity contribution in [3.8, 4) is 0 Å². The van der Waals surface area contributed by atoms with Crippen LogP contribution in [0.2, 0.25) is 0 Å². The van der Waals surface area contributed by atoms with Gasteiger partial charge in [-0.15, -0.1) is 5.10 Å². The molecule has 0 aliphatic carbocycles. The number of hydrogen-bond acceptors (Lipinski definition) is 4. The molecule has 0 bridgehead atoms. The zero-order valence-corrected chi connectivity index (χ0v) is 13.3. The summed E-state index contributed by atoms with van der Waals surface area (Å²) in [6.45, 7) is 0. The number of carbonyl (C=O) groups is 1. The molecule has 3 aromatic rings. The number of rotatable bonds is 4. The summed E-state index contributed by atoms with van der Waals surface area (Å²) in [4.78, 5) is 21.9. The highest BCUT2D eigenvalue weighted by Crippen LogP contribution is 2.26. The van der Waals surface area contributed by atoms with Crippen LogP contribution in [-0.2, 0) is 0 Å². The Kier molecular flexibility index (Phi) is 4.63. The normalized spacial score (nSPS) is 10.3. The Morgan fingerprint density at radius 3 is 2.39 bits per heavy atom. The molecule has 0 aliphatic rings. The van der Waals surface area contributed by atoms with Gasteiger partial charge < -0.3 is 0 Å². The summed E-state index contributed by atoms with van der Waals surface area (Å²) >= 11 is 1.55. The van der Waals surface area contributed by atoms with E-state index in [1.165, 1.54) is 9.75 Å². The van der Waals surface area contributed by atoms with Crippen LogP contribution >= 0.6 is 11.8 Å². The van der Waals surface area contributed by atoms with Gasteiger partial charge in [0.1, 0.15) is 0 Å². The third-order valence-corrected chi connectivity index (χ3v) is 4.06. The fraction of sp³-hybridized carbons (Fsp3) is 0.0588. The predicted octanol–water partition coefficient (Wildman–Crippen LogP) is 3.72. The summed E-state index contributed by atoms with van der Waals surface area (Å²) in [6.07, 6.45) is 2.83. The number of nitrogens with zero attached hydrogens (tertiary/aromatic N) is 3. The second-order valence-corrected chi connectivity index (χ2v) is 5.89. The molecular formula is C17H15N3O2S. The summed E-state index contributed by atoms with van der Waals surface area (Å²) in [5, 5.41) is 4.05. The van der Waals surface area contributed by atoms with E-state index in [9.17, 15) is 4.79 Å². The van der Waals surface area contributed by atoms with Gasteiger partial charge in [-0.2, -0.15) is 0 Å². The van der Waals surface area contributed by atoms with Crippen molar-refractivity contribution < 1.29 is 9.63 Å². The van der Waals surface area contributed by atoms with Crippen molar-refractivity contribution in [2.45, 2.75) is 9.79 Å². The molecule has 0 aliphatic heterocycles. The molecule has 1 aromatic heterocycles. The molecule has 116 valence electrons. The number of amides is 1. The number of aromatic nitrogens is 2. The molecule has 0 atom stereocenters. The first-order valence-electron chi connectivity index (χ1n) is 7.01. The summed E-state index contributed by atoms with van der Waals surface area (Å²) in [7, 11) is 1.65. The maximum absolute atomic E-state index is 12.1. The van der Waals surface area contributed by atoms with E-state index in [4.69, 9.17) is 4.84 Å². The summed E-state index contributed by atoms with van der Waals surface area (Å²) in [5.74, 6) is 0. The number of carbonyl (C=O) groups excluding carboxylic acids is 1. The summed E-state index contributed by atoms with van der Waals surface area (Å²) in [6, 6.07) is 19.2. The third kappa shape index (κ3) is 3.92. The lowest BCUT2D eigenvalue weighted by molar-refractivity contribution is 0.123. The van der Waals surface area contributed by atoms with Crippen LogP contribution in [0.1, 0.15) is 0 Å². The lowest BCUT2D eigenvalue weighted by atomic mass is 10.3. The summed E-state index contributed by atoms with van der Waals surface area (Å²) in [5.41, 5.74) is 0.753. The molecule has 1 amide bonds. The first-order chi connectivity index (χ1) is 11.2. The highest BCUT2D eigenvalue weighted by molar-refractivity contribution is 7.99. The van der Waals surface area contributed by atoms with Crippen LogP contribution in [0, 0.1) is 0 Å². The lowest BCUT2D eigenvalue weighted by Gasteiger charge is -2.15. The predicted molar refractivity (Wildman–Crippen MR) is 89.6 cm³/mol. The van der Waals surface area contributed by atoms with Crippen molar-refractivity contribution >= 4 is 23.5 Å². The molecule has 6 heteroatoms.